The number of amides is 1. The Morgan fingerprint density at radius 3 is 2.39 bits per heavy atom. The van der Waals surface area contributed by atoms with E-state index in [9.17, 15) is 9.59 Å². The molecule has 2 saturated heterocycles. The van der Waals surface area contributed by atoms with E-state index in [1.807, 2.05) is 23.1 Å². The lowest BCUT2D eigenvalue weighted by Gasteiger charge is -2.32. The number of hydrogen-bond acceptors (Lipinski definition) is 6. The van der Waals surface area contributed by atoms with Crippen LogP contribution in [0.3, 0.4) is 0 Å². The zero-order valence-electron chi connectivity index (χ0n) is 16.8. The van der Waals surface area contributed by atoms with Crippen LogP contribution in [-0.2, 0) is 11.2 Å². The number of anilines is 1. The first-order chi connectivity index (χ1) is 13.6. The second-order valence-corrected chi connectivity index (χ2v) is 8.17. The summed E-state index contributed by atoms with van der Waals surface area (Å²) in [5.74, 6) is 0.343. The summed E-state index contributed by atoms with van der Waals surface area (Å²) in [7, 11) is 2.12. The van der Waals surface area contributed by atoms with E-state index in [1.54, 1.807) is 0 Å². The first-order valence-corrected chi connectivity index (χ1v) is 10.4. The number of rotatable bonds is 5. The fraction of sp³-hybridized carbons (Fsp3) is 0.619. The summed E-state index contributed by atoms with van der Waals surface area (Å²) in [5.41, 5.74) is 2.88. The number of fused-ring (bicyclic) bond motifs is 1. The number of nitrogens with one attached hydrogen (secondary N) is 1. The second-order valence-electron chi connectivity index (χ2n) is 8.17. The molecule has 3 heterocycles. The van der Waals surface area contributed by atoms with Gasteiger partial charge in [-0.1, -0.05) is 0 Å². The second kappa shape index (κ2) is 8.69. The van der Waals surface area contributed by atoms with Crippen LogP contribution >= 0.6 is 0 Å². The molecule has 1 amide bonds. The number of benzene rings is 1. The highest BCUT2D eigenvalue weighted by Gasteiger charge is 2.27. The van der Waals surface area contributed by atoms with Gasteiger partial charge in [0.1, 0.15) is 0 Å². The number of likely N-dealkylation sites (N-methyl/N-ethyl adjacent to an activating group) is 1. The molecule has 3 aliphatic heterocycles. The van der Waals surface area contributed by atoms with Crippen molar-refractivity contribution < 1.29 is 9.59 Å². The fourth-order valence-corrected chi connectivity index (χ4v) is 4.28. The van der Waals surface area contributed by atoms with Crippen LogP contribution in [0.2, 0.25) is 0 Å². The minimum Gasteiger partial charge on any atom is -0.314 e. The molecule has 0 aromatic heterocycles. The summed E-state index contributed by atoms with van der Waals surface area (Å²) in [6, 6.07) is 5.86. The highest BCUT2D eigenvalue weighted by atomic mass is 16.2. The SMILES string of the molecule is CN1CCN(CC(=O)N2CCc3cc(C(=O)CN4CCNCC4)ccc32)CC1. The largest absolute Gasteiger partial charge is 0.314 e. The molecule has 1 N–H and O–H groups in total. The highest BCUT2D eigenvalue weighted by molar-refractivity contribution is 6.00. The van der Waals surface area contributed by atoms with E-state index in [-0.39, 0.29) is 11.7 Å². The van der Waals surface area contributed by atoms with Crippen LogP contribution in [0.4, 0.5) is 5.69 Å². The average molecular weight is 386 g/mol. The van der Waals surface area contributed by atoms with Crippen LogP contribution in [-0.4, -0.2) is 105 Å². The molecule has 152 valence electrons. The number of ketones is 1. The van der Waals surface area contributed by atoms with Crippen molar-refractivity contribution >= 4 is 17.4 Å². The zero-order valence-corrected chi connectivity index (χ0v) is 16.8. The van der Waals surface area contributed by atoms with Gasteiger partial charge >= 0.3 is 0 Å². The lowest BCUT2D eigenvalue weighted by molar-refractivity contribution is -0.120. The molecule has 1 aromatic rings. The van der Waals surface area contributed by atoms with E-state index in [0.29, 0.717) is 13.1 Å². The van der Waals surface area contributed by atoms with Gasteiger partial charge in [-0.2, -0.15) is 0 Å². The molecule has 0 unspecified atom stereocenters. The lowest BCUT2D eigenvalue weighted by Crippen LogP contribution is -2.48. The van der Waals surface area contributed by atoms with Crippen molar-refractivity contribution in [1.29, 1.82) is 0 Å². The number of carbonyl (C=O) groups is 2. The van der Waals surface area contributed by atoms with Crippen molar-refractivity contribution in [3.63, 3.8) is 0 Å². The molecule has 4 rings (SSSR count). The topological polar surface area (TPSA) is 59.1 Å². The predicted octanol–water partition coefficient (Wildman–Crippen LogP) is -0.0890. The van der Waals surface area contributed by atoms with E-state index in [0.717, 1.165) is 82.1 Å². The fourth-order valence-electron chi connectivity index (χ4n) is 4.28. The van der Waals surface area contributed by atoms with Gasteiger partial charge in [-0.25, -0.2) is 0 Å². The van der Waals surface area contributed by atoms with Gasteiger partial charge in [-0.3, -0.25) is 19.4 Å². The third kappa shape index (κ3) is 4.43. The number of carbonyl (C=O) groups excluding carboxylic acids is 2. The summed E-state index contributed by atoms with van der Waals surface area (Å²) in [5, 5.41) is 3.31. The van der Waals surface area contributed by atoms with Crippen molar-refractivity contribution in [2.75, 3.05) is 83.9 Å². The summed E-state index contributed by atoms with van der Waals surface area (Å²) < 4.78 is 0. The summed E-state index contributed by atoms with van der Waals surface area (Å²) in [4.78, 5) is 34.1. The number of piperazine rings is 2. The van der Waals surface area contributed by atoms with E-state index in [2.05, 4.69) is 27.1 Å². The predicted molar refractivity (Wildman–Crippen MR) is 110 cm³/mol. The van der Waals surface area contributed by atoms with Gasteiger partial charge in [0.15, 0.2) is 5.78 Å². The third-order valence-corrected chi connectivity index (χ3v) is 6.13. The maximum atomic E-state index is 12.8. The smallest absolute Gasteiger partial charge is 0.241 e. The normalized spacial score (nSPS) is 21.7. The molecule has 7 heteroatoms. The minimum absolute atomic E-state index is 0.170. The van der Waals surface area contributed by atoms with Gasteiger partial charge in [-0.05, 0) is 37.2 Å². The van der Waals surface area contributed by atoms with Crippen molar-refractivity contribution in [1.82, 2.24) is 20.0 Å². The van der Waals surface area contributed by atoms with E-state index < -0.39 is 0 Å². The van der Waals surface area contributed by atoms with Gasteiger partial charge < -0.3 is 15.1 Å². The van der Waals surface area contributed by atoms with Crippen LogP contribution in [0.1, 0.15) is 15.9 Å². The standard InChI is InChI=1S/C21H31N5O2/c1-23-10-12-25(13-11-23)16-21(28)26-7-4-17-14-18(2-3-19(17)26)20(27)15-24-8-5-22-6-9-24/h2-3,14,22H,4-13,15-16H2,1H3. The molecule has 3 aliphatic rings. The molecule has 1 aromatic carbocycles. The molecule has 7 nitrogen and oxygen atoms in total. The monoisotopic (exact) mass is 385 g/mol. The Morgan fingerprint density at radius 1 is 0.929 bits per heavy atom. The molecular weight excluding hydrogens is 354 g/mol. The van der Waals surface area contributed by atoms with Crippen LogP contribution in [0.5, 0.6) is 0 Å². The van der Waals surface area contributed by atoms with Crippen molar-refractivity contribution in [2.45, 2.75) is 6.42 Å². The molecule has 0 saturated carbocycles. The number of nitrogens with zero attached hydrogens (tertiary/aromatic N) is 4. The van der Waals surface area contributed by atoms with Crippen LogP contribution in [0.15, 0.2) is 18.2 Å². The average Bonchev–Trinajstić information content (AvgIpc) is 3.14. The van der Waals surface area contributed by atoms with Crippen molar-refractivity contribution in [3.05, 3.63) is 29.3 Å². The molecule has 28 heavy (non-hydrogen) atoms. The molecule has 0 atom stereocenters. The first kappa shape index (κ1) is 19.5. The highest BCUT2D eigenvalue weighted by Crippen LogP contribution is 2.29. The zero-order chi connectivity index (χ0) is 19.5. The molecular formula is C21H31N5O2. The van der Waals surface area contributed by atoms with Crippen molar-refractivity contribution in [3.8, 4) is 0 Å². The Morgan fingerprint density at radius 2 is 1.64 bits per heavy atom. The molecule has 0 aliphatic carbocycles. The van der Waals surface area contributed by atoms with Gasteiger partial charge in [0.2, 0.25) is 5.91 Å². The molecule has 0 spiro atoms. The van der Waals surface area contributed by atoms with Crippen LogP contribution < -0.4 is 10.2 Å². The van der Waals surface area contributed by atoms with Gasteiger partial charge in [0.05, 0.1) is 13.1 Å². The van der Waals surface area contributed by atoms with Gasteiger partial charge in [0.25, 0.3) is 0 Å². The van der Waals surface area contributed by atoms with E-state index in [4.69, 9.17) is 0 Å². The summed E-state index contributed by atoms with van der Waals surface area (Å²) >= 11 is 0. The number of hydrogen-bond donors (Lipinski definition) is 1. The van der Waals surface area contributed by atoms with Crippen LogP contribution in [0, 0.1) is 0 Å². The Labute approximate surface area is 167 Å². The Kier molecular flexibility index (Phi) is 6.06. The Balaban J connectivity index is 1.37. The van der Waals surface area contributed by atoms with Gasteiger partial charge in [0, 0.05) is 70.2 Å². The Hall–Kier alpha value is -1.80. The van der Waals surface area contributed by atoms with E-state index in [1.165, 1.54) is 0 Å². The number of Topliss-reactive ketones (excluding diaryl/α,β-unsaturated/α-hetero) is 1. The Bertz CT molecular complexity index is 724. The minimum atomic E-state index is 0.170. The maximum Gasteiger partial charge on any atom is 0.241 e. The third-order valence-electron chi connectivity index (χ3n) is 6.13. The molecule has 2 fully saturated rings. The maximum absolute atomic E-state index is 12.8. The quantitative estimate of drug-likeness (QED) is 0.715. The first-order valence-electron chi connectivity index (χ1n) is 10.4. The summed E-state index contributed by atoms with van der Waals surface area (Å²) in [6.07, 6.45) is 0.832. The van der Waals surface area contributed by atoms with E-state index >= 15 is 0 Å². The lowest BCUT2D eigenvalue weighted by atomic mass is 10.0. The van der Waals surface area contributed by atoms with Gasteiger partial charge in [-0.15, -0.1) is 0 Å². The molecule has 0 bridgehead atoms. The van der Waals surface area contributed by atoms with Crippen molar-refractivity contribution in [2.24, 2.45) is 0 Å². The van der Waals surface area contributed by atoms with Crippen LogP contribution in [0.25, 0.3) is 0 Å². The summed E-state index contributed by atoms with van der Waals surface area (Å²) in [6.45, 7) is 9.34. The molecule has 0 radical (unpaired) electrons.